The summed E-state index contributed by atoms with van der Waals surface area (Å²) in [7, 11) is 0. The Kier molecular flexibility index (Phi) is 7.30. The second-order valence-corrected chi connectivity index (χ2v) is 8.86. The Morgan fingerprint density at radius 3 is 2.32 bits per heavy atom. The molecule has 0 radical (unpaired) electrons. The van der Waals surface area contributed by atoms with Gasteiger partial charge in [0.25, 0.3) is 0 Å². The van der Waals surface area contributed by atoms with E-state index in [0.717, 1.165) is 11.1 Å². The Morgan fingerprint density at radius 2 is 1.71 bits per heavy atom. The lowest BCUT2D eigenvalue weighted by Crippen LogP contribution is -2.46. The molecule has 178 valence electrons. The average Bonchev–Trinajstić information content (AvgIpc) is 3.16. The molecule has 0 fully saturated rings. The fraction of sp³-hybridized carbons (Fsp3) is 0.370. The van der Waals surface area contributed by atoms with E-state index in [0.29, 0.717) is 25.7 Å². The molecule has 4 rings (SSSR count). The number of nitrogens with one attached hydrogen (secondary N) is 2. The van der Waals surface area contributed by atoms with Crippen molar-refractivity contribution >= 4 is 18.0 Å². The highest BCUT2D eigenvalue weighted by Gasteiger charge is 2.31. The van der Waals surface area contributed by atoms with Gasteiger partial charge in [0.05, 0.1) is 6.04 Å². The summed E-state index contributed by atoms with van der Waals surface area (Å²) in [6.45, 7) is 2.09. The van der Waals surface area contributed by atoms with E-state index in [1.165, 1.54) is 11.1 Å². The van der Waals surface area contributed by atoms with Crippen LogP contribution in [-0.4, -0.2) is 41.8 Å². The number of carbonyl (C=O) groups excluding carboxylic acids is 2. The Balaban J connectivity index is 1.32. The van der Waals surface area contributed by atoms with Crippen LogP contribution in [-0.2, 0) is 14.3 Å². The van der Waals surface area contributed by atoms with Crippen molar-refractivity contribution in [2.24, 2.45) is 5.92 Å². The van der Waals surface area contributed by atoms with Crippen molar-refractivity contribution in [3.05, 3.63) is 71.8 Å². The molecule has 2 aliphatic carbocycles. The first kappa shape index (κ1) is 23.5. The van der Waals surface area contributed by atoms with E-state index in [1.807, 2.05) is 43.3 Å². The highest BCUT2D eigenvalue weighted by atomic mass is 16.5. The van der Waals surface area contributed by atoms with Crippen molar-refractivity contribution in [1.82, 2.24) is 10.6 Å². The smallest absolute Gasteiger partial charge is 0.407 e. The van der Waals surface area contributed by atoms with Crippen molar-refractivity contribution < 1.29 is 24.2 Å². The summed E-state index contributed by atoms with van der Waals surface area (Å²) in [6, 6.07) is 15.1. The number of carboxylic acids is 1. The first-order chi connectivity index (χ1) is 16.5. The van der Waals surface area contributed by atoms with Gasteiger partial charge in [0, 0.05) is 11.8 Å². The second kappa shape index (κ2) is 10.5. The largest absolute Gasteiger partial charge is 0.480 e. The molecule has 34 heavy (non-hydrogen) atoms. The summed E-state index contributed by atoms with van der Waals surface area (Å²) in [5, 5.41) is 14.8. The van der Waals surface area contributed by atoms with Gasteiger partial charge in [-0.15, -0.1) is 0 Å². The molecule has 0 bridgehead atoms. The number of hydrogen-bond donors (Lipinski definition) is 3. The monoisotopic (exact) mass is 462 g/mol. The van der Waals surface area contributed by atoms with Gasteiger partial charge < -0.3 is 20.5 Å². The Labute approximate surface area is 199 Å². The Morgan fingerprint density at radius 1 is 1.06 bits per heavy atom. The van der Waals surface area contributed by atoms with Crippen LogP contribution in [0.3, 0.4) is 0 Å². The zero-order valence-corrected chi connectivity index (χ0v) is 19.2. The lowest BCUT2D eigenvalue weighted by molar-refractivity contribution is -0.142. The molecule has 0 saturated carbocycles. The number of ether oxygens (including phenoxy) is 1. The van der Waals surface area contributed by atoms with Crippen LogP contribution in [0.15, 0.2) is 60.7 Å². The third kappa shape index (κ3) is 5.14. The summed E-state index contributed by atoms with van der Waals surface area (Å²) in [6.07, 6.45) is 5.10. The highest BCUT2D eigenvalue weighted by molar-refractivity contribution is 5.85. The number of rotatable bonds is 8. The normalized spacial score (nSPS) is 19.6. The third-order valence-electron chi connectivity index (χ3n) is 6.54. The number of benzene rings is 2. The van der Waals surface area contributed by atoms with Gasteiger partial charge in [-0.2, -0.15) is 0 Å². The fourth-order valence-electron chi connectivity index (χ4n) is 4.84. The third-order valence-corrected chi connectivity index (χ3v) is 6.54. The molecule has 3 atom stereocenters. The topological polar surface area (TPSA) is 105 Å². The van der Waals surface area contributed by atoms with E-state index in [2.05, 4.69) is 34.9 Å². The molecule has 0 spiro atoms. The van der Waals surface area contributed by atoms with Crippen molar-refractivity contribution in [1.29, 1.82) is 0 Å². The van der Waals surface area contributed by atoms with Gasteiger partial charge in [0.1, 0.15) is 12.6 Å². The standard InChI is InChI=1S/C27H30N2O5/c1-2-8-24(26(31)32)29-25(30)17-9-7-10-18(15-17)28-27(33)34-16-23-21-13-5-3-11-19(21)20-12-4-6-14-22(20)23/h3-7,10-14,17-18,23-24H,2,8-9,15-16H2,1H3,(H,28,33)(H,29,30)(H,31,32)/t17-,18-,24-/m1/s1. The molecule has 2 aromatic carbocycles. The molecule has 0 aliphatic heterocycles. The minimum atomic E-state index is -1.03. The van der Waals surface area contributed by atoms with Crippen LogP contribution in [0.1, 0.15) is 49.7 Å². The van der Waals surface area contributed by atoms with E-state index in [9.17, 15) is 19.5 Å². The minimum Gasteiger partial charge on any atom is -0.480 e. The molecule has 2 amide bonds. The predicted molar refractivity (Wildman–Crippen MR) is 128 cm³/mol. The lowest BCUT2D eigenvalue weighted by atomic mass is 9.90. The molecule has 0 aromatic heterocycles. The van der Waals surface area contributed by atoms with Gasteiger partial charge >= 0.3 is 12.1 Å². The number of alkyl carbamates (subject to hydrolysis) is 1. The summed E-state index contributed by atoms with van der Waals surface area (Å²) < 4.78 is 5.60. The minimum absolute atomic E-state index is 0.0231. The maximum Gasteiger partial charge on any atom is 0.407 e. The first-order valence-corrected chi connectivity index (χ1v) is 11.8. The van der Waals surface area contributed by atoms with E-state index < -0.39 is 24.0 Å². The number of amides is 2. The van der Waals surface area contributed by atoms with Gasteiger partial charge in [-0.05, 0) is 41.5 Å². The quantitative estimate of drug-likeness (QED) is 0.509. The number of carboxylic acid groups (broad SMARTS) is 1. The Hall–Kier alpha value is -3.61. The second-order valence-electron chi connectivity index (χ2n) is 8.86. The van der Waals surface area contributed by atoms with Crippen LogP contribution in [0.25, 0.3) is 11.1 Å². The summed E-state index contributed by atoms with van der Waals surface area (Å²) >= 11 is 0. The fourth-order valence-corrected chi connectivity index (χ4v) is 4.84. The molecule has 7 heteroatoms. The van der Waals surface area contributed by atoms with Gasteiger partial charge in [0.2, 0.25) is 5.91 Å². The number of aliphatic carboxylic acids is 1. The molecular formula is C27H30N2O5. The maximum absolute atomic E-state index is 12.6. The van der Waals surface area contributed by atoms with Gasteiger partial charge in [-0.3, -0.25) is 4.79 Å². The summed E-state index contributed by atoms with van der Waals surface area (Å²) in [5.41, 5.74) is 4.62. The Bertz CT molecular complexity index is 1050. The summed E-state index contributed by atoms with van der Waals surface area (Å²) in [5.74, 6) is -1.76. The van der Waals surface area contributed by atoms with Crippen LogP contribution >= 0.6 is 0 Å². The van der Waals surface area contributed by atoms with Crippen molar-refractivity contribution in [2.45, 2.75) is 50.6 Å². The number of hydrogen-bond acceptors (Lipinski definition) is 4. The molecule has 2 aromatic rings. The van der Waals surface area contributed by atoms with Crippen LogP contribution < -0.4 is 10.6 Å². The van der Waals surface area contributed by atoms with Gasteiger partial charge in [0.15, 0.2) is 0 Å². The number of carbonyl (C=O) groups is 3. The molecule has 7 nitrogen and oxygen atoms in total. The molecule has 0 saturated heterocycles. The van der Waals surface area contributed by atoms with Crippen LogP contribution in [0.4, 0.5) is 4.79 Å². The SMILES string of the molecule is CCC[C@@H](NC(=O)[C@@H]1CC=C[C@@H](NC(=O)OCC2c3ccccc3-c3ccccc32)C1)C(=O)O. The first-order valence-electron chi connectivity index (χ1n) is 11.8. The van der Waals surface area contributed by atoms with Gasteiger partial charge in [-0.1, -0.05) is 74.0 Å². The zero-order valence-electron chi connectivity index (χ0n) is 19.2. The van der Waals surface area contributed by atoms with Crippen molar-refractivity contribution in [3.63, 3.8) is 0 Å². The molecule has 2 aliphatic rings. The summed E-state index contributed by atoms with van der Waals surface area (Å²) in [4.78, 5) is 36.5. The molecular weight excluding hydrogens is 432 g/mol. The van der Waals surface area contributed by atoms with E-state index >= 15 is 0 Å². The predicted octanol–water partition coefficient (Wildman–Crippen LogP) is 4.23. The van der Waals surface area contributed by atoms with Crippen molar-refractivity contribution in [3.8, 4) is 11.1 Å². The highest BCUT2D eigenvalue weighted by Crippen LogP contribution is 2.44. The van der Waals surface area contributed by atoms with Crippen LogP contribution in [0.2, 0.25) is 0 Å². The van der Waals surface area contributed by atoms with E-state index in [4.69, 9.17) is 4.74 Å². The van der Waals surface area contributed by atoms with E-state index in [1.54, 1.807) is 0 Å². The van der Waals surface area contributed by atoms with E-state index in [-0.39, 0.29) is 24.5 Å². The molecule has 0 heterocycles. The average molecular weight is 463 g/mol. The maximum atomic E-state index is 12.6. The van der Waals surface area contributed by atoms with Crippen LogP contribution in [0, 0.1) is 5.92 Å². The number of allylic oxidation sites excluding steroid dienone is 1. The zero-order chi connectivity index (χ0) is 24.1. The molecule has 0 unspecified atom stereocenters. The lowest BCUT2D eigenvalue weighted by Gasteiger charge is -2.26. The van der Waals surface area contributed by atoms with Crippen LogP contribution in [0.5, 0.6) is 0 Å². The molecule has 3 N–H and O–H groups in total. The van der Waals surface area contributed by atoms with Crippen molar-refractivity contribution in [2.75, 3.05) is 6.61 Å². The van der Waals surface area contributed by atoms with Gasteiger partial charge in [-0.25, -0.2) is 9.59 Å². The number of fused-ring (bicyclic) bond motifs is 3.